The van der Waals surface area contributed by atoms with Crippen molar-refractivity contribution in [1.82, 2.24) is 0 Å². The Bertz CT molecular complexity index is 808. The van der Waals surface area contributed by atoms with Crippen LogP contribution in [0.5, 0.6) is 5.75 Å². The molecule has 0 amide bonds. The lowest BCUT2D eigenvalue weighted by molar-refractivity contribution is -0.140. The first-order valence-electron chi connectivity index (χ1n) is 11.3. The summed E-state index contributed by atoms with van der Waals surface area (Å²) < 4.78 is 33.0. The van der Waals surface area contributed by atoms with Crippen molar-refractivity contribution in [3.8, 4) is 16.9 Å². The first kappa shape index (κ1) is 22.5. The Labute approximate surface area is 178 Å². The number of hydrogen-bond donors (Lipinski definition) is 0. The highest BCUT2D eigenvalue weighted by Gasteiger charge is 2.27. The topological polar surface area (TPSA) is 26.3 Å². The zero-order chi connectivity index (χ0) is 21.3. The molecule has 0 spiro atoms. The van der Waals surface area contributed by atoms with E-state index in [0.717, 1.165) is 31.6 Å². The molecule has 0 aliphatic heterocycles. The van der Waals surface area contributed by atoms with Crippen molar-refractivity contribution in [2.24, 2.45) is 11.8 Å². The molecule has 1 aliphatic rings. The van der Waals surface area contributed by atoms with Crippen LogP contribution in [0.2, 0.25) is 0 Å². The monoisotopic (exact) mass is 414 g/mol. The van der Waals surface area contributed by atoms with Gasteiger partial charge in [-0.2, -0.15) is 0 Å². The minimum Gasteiger partial charge on any atom is -0.426 e. The highest BCUT2D eigenvalue weighted by molar-refractivity contribution is 5.75. The van der Waals surface area contributed by atoms with Crippen LogP contribution in [0.4, 0.5) is 8.78 Å². The molecular weight excluding hydrogens is 382 g/mol. The van der Waals surface area contributed by atoms with Crippen LogP contribution in [-0.2, 0) is 4.79 Å². The van der Waals surface area contributed by atoms with Crippen LogP contribution in [0.25, 0.3) is 11.1 Å². The molecule has 0 heterocycles. The first-order chi connectivity index (χ1) is 14.6. The summed E-state index contributed by atoms with van der Waals surface area (Å²) in [4.78, 5) is 12.5. The van der Waals surface area contributed by atoms with Crippen LogP contribution in [0.1, 0.15) is 71.1 Å². The molecule has 2 aromatic carbocycles. The third-order valence-electron chi connectivity index (χ3n) is 6.21. The Kier molecular flexibility index (Phi) is 8.41. The summed E-state index contributed by atoms with van der Waals surface area (Å²) in [5.41, 5.74) is 0.939. The summed E-state index contributed by atoms with van der Waals surface area (Å²) in [7, 11) is 0. The number of hydrogen-bond acceptors (Lipinski definition) is 2. The van der Waals surface area contributed by atoms with Gasteiger partial charge < -0.3 is 4.74 Å². The van der Waals surface area contributed by atoms with Crippen LogP contribution >= 0.6 is 0 Å². The molecule has 0 unspecified atom stereocenters. The van der Waals surface area contributed by atoms with Crippen LogP contribution in [-0.4, -0.2) is 5.97 Å². The quantitative estimate of drug-likeness (QED) is 0.239. The van der Waals surface area contributed by atoms with Crippen molar-refractivity contribution in [3.05, 3.63) is 54.1 Å². The number of halogens is 2. The molecular formula is C26H32F2O2. The van der Waals surface area contributed by atoms with Crippen LogP contribution in [0.15, 0.2) is 42.5 Å². The molecule has 0 aromatic heterocycles. The van der Waals surface area contributed by atoms with Gasteiger partial charge in [-0.15, -0.1) is 0 Å². The van der Waals surface area contributed by atoms with E-state index in [1.807, 2.05) is 0 Å². The van der Waals surface area contributed by atoms with E-state index >= 15 is 0 Å². The fourth-order valence-corrected chi connectivity index (χ4v) is 4.35. The molecule has 0 radical (unpaired) electrons. The van der Waals surface area contributed by atoms with E-state index < -0.39 is 5.82 Å². The molecule has 0 bridgehead atoms. The predicted octanol–water partition coefficient (Wildman–Crippen LogP) is 7.70. The Morgan fingerprint density at radius 2 is 1.63 bits per heavy atom. The number of benzene rings is 2. The molecule has 30 heavy (non-hydrogen) atoms. The maximum atomic E-state index is 14.5. The van der Waals surface area contributed by atoms with Gasteiger partial charge in [0, 0.05) is 11.6 Å². The van der Waals surface area contributed by atoms with E-state index in [-0.39, 0.29) is 23.5 Å². The third-order valence-corrected chi connectivity index (χ3v) is 6.21. The fourth-order valence-electron chi connectivity index (χ4n) is 4.35. The van der Waals surface area contributed by atoms with E-state index in [1.54, 1.807) is 12.1 Å². The Balaban J connectivity index is 1.47. The minimum absolute atomic E-state index is 0.0961. The maximum absolute atomic E-state index is 14.5. The average Bonchev–Trinajstić information content (AvgIpc) is 2.75. The van der Waals surface area contributed by atoms with Crippen molar-refractivity contribution in [1.29, 1.82) is 0 Å². The van der Waals surface area contributed by atoms with Gasteiger partial charge in [-0.1, -0.05) is 57.6 Å². The molecule has 2 aromatic rings. The Morgan fingerprint density at radius 3 is 2.30 bits per heavy atom. The molecule has 1 saturated carbocycles. The molecule has 0 atom stereocenters. The fraction of sp³-hybridized carbons (Fsp3) is 0.500. The standard InChI is InChI=1S/C26H32F2O2/c1-2-3-4-5-6-7-19-8-10-21(11-9-19)26(29)30-23-16-17-24(25(28)18-23)20-12-14-22(27)15-13-20/h12-19,21H,2-11H2,1H3/t19-,21-. The molecule has 0 N–H and O–H groups in total. The summed E-state index contributed by atoms with van der Waals surface area (Å²) in [5.74, 6) is -0.259. The van der Waals surface area contributed by atoms with Crippen molar-refractivity contribution in [3.63, 3.8) is 0 Å². The minimum atomic E-state index is -0.487. The second-order valence-corrected chi connectivity index (χ2v) is 8.49. The van der Waals surface area contributed by atoms with Gasteiger partial charge in [0.15, 0.2) is 0 Å². The van der Waals surface area contributed by atoms with Gasteiger partial charge in [-0.25, -0.2) is 8.78 Å². The van der Waals surface area contributed by atoms with Gasteiger partial charge in [0.1, 0.15) is 17.4 Å². The lowest BCUT2D eigenvalue weighted by Crippen LogP contribution is -2.25. The van der Waals surface area contributed by atoms with Crippen molar-refractivity contribution >= 4 is 5.97 Å². The average molecular weight is 415 g/mol. The highest BCUT2D eigenvalue weighted by atomic mass is 19.1. The normalized spacial score (nSPS) is 18.9. The van der Waals surface area contributed by atoms with Crippen molar-refractivity contribution in [2.75, 3.05) is 0 Å². The van der Waals surface area contributed by atoms with E-state index in [9.17, 15) is 13.6 Å². The van der Waals surface area contributed by atoms with Gasteiger partial charge >= 0.3 is 5.97 Å². The number of esters is 1. The zero-order valence-corrected chi connectivity index (χ0v) is 17.8. The van der Waals surface area contributed by atoms with E-state index in [4.69, 9.17) is 4.74 Å². The number of carbonyl (C=O) groups excluding carboxylic acids is 1. The second kappa shape index (κ2) is 11.2. The first-order valence-corrected chi connectivity index (χ1v) is 11.3. The van der Waals surface area contributed by atoms with Crippen molar-refractivity contribution in [2.45, 2.75) is 71.1 Å². The van der Waals surface area contributed by atoms with Gasteiger partial charge in [0.2, 0.25) is 0 Å². The van der Waals surface area contributed by atoms with E-state index in [0.29, 0.717) is 11.1 Å². The second-order valence-electron chi connectivity index (χ2n) is 8.49. The van der Waals surface area contributed by atoms with Crippen LogP contribution < -0.4 is 4.74 Å². The molecule has 0 saturated heterocycles. The SMILES string of the molecule is CCCCCCC[C@H]1CC[C@H](C(=O)Oc2ccc(-c3ccc(F)cc3)c(F)c2)CC1. The highest BCUT2D eigenvalue weighted by Crippen LogP contribution is 2.33. The zero-order valence-electron chi connectivity index (χ0n) is 17.8. The molecule has 2 nitrogen and oxygen atoms in total. The molecule has 1 fully saturated rings. The van der Waals surface area contributed by atoms with Gasteiger partial charge in [0.05, 0.1) is 5.92 Å². The molecule has 3 rings (SSSR count). The van der Waals surface area contributed by atoms with E-state index in [1.165, 1.54) is 68.9 Å². The molecule has 4 heteroatoms. The van der Waals surface area contributed by atoms with Gasteiger partial charge in [-0.05, 0) is 61.4 Å². The number of ether oxygens (including phenoxy) is 1. The summed E-state index contributed by atoms with van der Waals surface area (Å²) in [5, 5.41) is 0. The number of rotatable bonds is 9. The Morgan fingerprint density at radius 1 is 0.933 bits per heavy atom. The smallest absolute Gasteiger partial charge is 0.314 e. The number of carbonyl (C=O) groups is 1. The largest absolute Gasteiger partial charge is 0.426 e. The lowest BCUT2D eigenvalue weighted by Gasteiger charge is -2.27. The maximum Gasteiger partial charge on any atom is 0.314 e. The Hall–Kier alpha value is -2.23. The summed E-state index contributed by atoms with van der Waals surface area (Å²) in [6, 6.07) is 10.1. The van der Waals surface area contributed by atoms with Gasteiger partial charge in [-0.3, -0.25) is 4.79 Å². The molecule has 162 valence electrons. The summed E-state index contributed by atoms with van der Waals surface area (Å²) in [6.07, 6.45) is 11.7. The van der Waals surface area contributed by atoms with Crippen molar-refractivity contribution < 1.29 is 18.3 Å². The lowest BCUT2D eigenvalue weighted by atomic mass is 9.80. The van der Waals surface area contributed by atoms with Crippen LogP contribution in [0, 0.1) is 23.5 Å². The van der Waals surface area contributed by atoms with E-state index in [2.05, 4.69) is 6.92 Å². The summed E-state index contributed by atoms with van der Waals surface area (Å²) >= 11 is 0. The van der Waals surface area contributed by atoms with Crippen LogP contribution in [0.3, 0.4) is 0 Å². The number of unbranched alkanes of at least 4 members (excludes halogenated alkanes) is 4. The predicted molar refractivity (Wildman–Crippen MR) is 116 cm³/mol. The third kappa shape index (κ3) is 6.38. The molecule has 1 aliphatic carbocycles. The summed E-state index contributed by atoms with van der Waals surface area (Å²) in [6.45, 7) is 2.23. The van der Waals surface area contributed by atoms with Gasteiger partial charge in [0.25, 0.3) is 0 Å².